The molecule has 1 heterocycles. The first kappa shape index (κ1) is 17.5. The van der Waals surface area contributed by atoms with Crippen LogP contribution >= 0.6 is 0 Å². The van der Waals surface area contributed by atoms with Gasteiger partial charge >= 0.3 is 6.09 Å². The highest BCUT2D eigenvalue weighted by Crippen LogP contribution is 2.20. The standard InChI is InChI=1S/C11H21N3O3.C2H6/c1-11(2,3)17-10(15)14-7-5-4-6-8(14)9(12)13-16;1-2/h8,16H,4-7H2,1-3H3,(H2,12,13);1-2H3. The maximum Gasteiger partial charge on any atom is 0.410 e. The van der Waals surface area contributed by atoms with Crippen LogP contribution in [-0.2, 0) is 4.74 Å². The van der Waals surface area contributed by atoms with E-state index < -0.39 is 11.7 Å². The Hall–Kier alpha value is -1.46. The van der Waals surface area contributed by atoms with Gasteiger partial charge in [-0.25, -0.2) is 4.79 Å². The molecule has 1 saturated heterocycles. The van der Waals surface area contributed by atoms with E-state index in [0.29, 0.717) is 13.0 Å². The third-order valence-electron chi connectivity index (χ3n) is 2.59. The zero-order valence-electron chi connectivity index (χ0n) is 12.6. The number of piperidine rings is 1. The van der Waals surface area contributed by atoms with Gasteiger partial charge in [-0.05, 0) is 40.0 Å². The zero-order valence-corrected chi connectivity index (χ0v) is 12.6. The molecule has 3 N–H and O–H groups in total. The molecule has 19 heavy (non-hydrogen) atoms. The van der Waals surface area contributed by atoms with E-state index in [1.807, 2.05) is 34.6 Å². The molecule has 1 fully saturated rings. The molecule has 1 rings (SSSR count). The van der Waals surface area contributed by atoms with Gasteiger partial charge in [0.05, 0.1) is 6.04 Å². The summed E-state index contributed by atoms with van der Waals surface area (Å²) in [7, 11) is 0. The van der Waals surface area contributed by atoms with Crippen LogP contribution in [0.1, 0.15) is 53.9 Å². The number of ether oxygens (including phenoxy) is 1. The maximum absolute atomic E-state index is 12.0. The van der Waals surface area contributed by atoms with Crippen LogP contribution in [0.25, 0.3) is 0 Å². The highest BCUT2D eigenvalue weighted by Gasteiger charge is 2.32. The van der Waals surface area contributed by atoms with E-state index in [-0.39, 0.29) is 11.9 Å². The van der Waals surface area contributed by atoms with E-state index in [0.717, 1.165) is 12.8 Å². The molecule has 0 spiro atoms. The molecule has 1 aliphatic heterocycles. The second kappa shape index (κ2) is 7.86. The van der Waals surface area contributed by atoms with Crippen LogP contribution in [0.4, 0.5) is 4.79 Å². The first-order chi connectivity index (χ1) is 8.85. The fraction of sp³-hybridized carbons (Fsp3) is 0.846. The summed E-state index contributed by atoms with van der Waals surface area (Å²) in [5.74, 6) is 0.0653. The molecule has 1 aliphatic rings. The topological polar surface area (TPSA) is 88.2 Å². The second-order valence-electron chi connectivity index (χ2n) is 5.21. The third kappa shape index (κ3) is 5.81. The molecule has 6 nitrogen and oxygen atoms in total. The fourth-order valence-electron chi connectivity index (χ4n) is 1.84. The number of oxime groups is 1. The first-order valence-electron chi connectivity index (χ1n) is 6.82. The van der Waals surface area contributed by atoms with E-state index >= 15 is 0 Å². The number of carbonyl (C=O) groups excluding carboxylic acids is 1. The molecule has 6 heteroatoms. The summed E-state index contributed by atoms with van der Waals surface area (Å²) >= 11 is 0. The van der Waals surface area contributed by atoms with E-state index in [2.05, 4.69) is 5.16 Å². The summed E-state index contributed by atoms with van der Waals surface area (Å²) in [5, 5.41) is 11.7. The fourth-order valence-corrected chi connectivity index (χ4v) is 1.84. The Labute approximate surface area is 115 Å². The molecule has 0 aliphatic carbocycles. The van der Waals surface area contributed by atoms with Crippen molar-refractivity contribution in [2.75, 3.05) is 6.54 Å². The van der Waals surface area contributed by atoms with Crippen LogP contribution in [0.15, 0.2) is 5.16 Å². The molecule has 0 bridgehead atoms. The molecule has 0 aromatic carbocycles. The number of likely N-dealkylation sites (tertiary alicyclic amines) is 1. The van der Waals surface area contributed by atoms with Crippen LogP contribution in [0.3, 0.4) is 0 Å². The summed E-state index contributed by atoms with van der Waals surface area (Å²) in [4.78, 5) is 13.5. The van der Waals surface area contributed by atoms with E-state index in [1.165, 1.54) is 4.90 Å². The van der Waals surface area contributed by atoms with Gasteiger partial charge < -0.3 is 15.7 Å². The van der Waals surface area contributed by atoms with Crippen molar-refractivity contribution in [3.8, 4) is 0 Å². The number of hydrogen-bond acceptors (Lipinski definition) is 4. The smallest absolute Gasteiger partial charge is 0.410 e. The Morgan fingerprint density at radius 1 is 1.37 bits per heavy atom. The van der Waals surface area contributed by atoms with Crippen LogP contribution in [0.2, 0.25) is 0 Å². The highest BCUT2D eigenvalue weighted by molar-refractivity contribution is 5.88. The lowest BCUT2D eigenvalue weighted by atomic mass is 10.0. The molecular weight excluding hydrogens is 246 g/mol. The largest absolute Gasteiger partial charge is 0.444 e. The Balaban J connectivity index is 0.00000154. The van der Waals surface area contributed by atoms with Gasteiger partial charge in [-0.1, -0.05) is 19.0 Å². The van der Waals surface area contributed by atoms with Gasteiger partial charge in [0.25, 0.3) is 0 Å². The van der Waals surface area contributed by atoms with Gasteiger partial charge in [-0.15, -0.1) is 0 Å². The average molecular weight is 273 g/mol. The van der Waals surface area contributed by atoms with Crippen molar-refractivity contribution in [2.45, 2.75) is 65.5 Å². The molecule has 0 saturated carbocycles. The van der Waals surface area contributed by atoms with Crippen molar-refractivity contribution >= 4 is 11.9 Å². The monoisotopic (exact) mass is 273 g/mol. The van der Waals surface area contributed by atoms with Crippen molar-refractivity contribution < 1.29 is 14.7 Å². The van der Waals surface area contributed by atoms with Crippen molar-refractivity contribution in [2.24, 2.45) is 10.9 Å². The molecule has 1 unspecified atom stereocenters. The van der Waals surface area contributed by atoms with Crippen LogP contribution in [0, 0.1) is 0 Å². The third-order valence-corrected chi connectivity index (χ3v) is 2.59. The minimum absolute atomic E-state index is 0.0653. The quantitative estimate of drug-likeness (QED) is 0.332. The van der Waals surface area contributed by atoms with Crippen LogP contribution < -0.4 is 5.73 Å². The molecule has 1 atom stereocenters. The highest BCUT2D eigenvalue weighted by atomic mass is 16.6. The van der Waals surface area contributed by atoms with Gasteiger partial charge in [-0.3, -0.25) is 4.90 Å². The first-order valence-corrected chi connectivity index (χ1v) is 6.82. The minimum Gasteiger partial charge on any atom is -0.444 e. The van der Waals surface area contributed by atoms with E-state index in [1.54, 1.807) is 0 Å². The lowest BCUT2D eigenvalue weighted by Gasteiger charge is -2.35. The normalized spacial score (nSPS) is 20.4. The van der Waals surface area contributed by atoms with Gasteiger partial charge in [0, 0.05) is 6.54 Å². The summed E-state index contributed by atoms with van der Waals surface area (Å²) < 4.78 is 5.30. The number of hydrogen-bond donors (Lipinski definition) is 2. The predicted molar refractivity (Wildman–Crippen MR) is 75.3 cm³/mol. The van der Waals surface area contributed by atoms with Crippen molar-refractivity contribution in [1.82, 2.24) is 4.90 Å². The Morgan fingerprint density at radius 2 is 1.95 bits per heavy atom. The SMILES string of the molecule is CC.CC(C)(C)OC(=O)N1CCCCC1/C(N)=N/O. The maximum atomic E-state index is 12.0. The Kier molecular flexibility index (Phi) is 7.26. The van der Waals surface area contributed by atoms with Gasteiger partial charge in [0.1, 0.15) is 5.60 Å². The van der Waals surface area contributed by atoms with E-state index in [9.17, 15) is 4.79 Å². The summed E-state index contributed by atoms with van der Waals surface area (Å²) in [6.45, 7) is 10.0. The van der Waals surface area contributed by atoms with Gasteiger partial charge in [0.15, 0.2) is 5.84 Å². The van der Waals surface area contributed by atoms with Crippen LogP contribution in [0.5, 0.6) is 0 Å². The number of carbonyl (C=O) groups is 1. The van der Waals surface area contributed by atoms with Gasteiger partial charge in [-0.2, -0.15) is 0 Å². The number of amides is 1. The average Bonchev–Trinajstić information content (AvgIpc) is 2.38. The number of rotatable bonds is 1. The second-order valence-corrected chi connectivity index (χ2v) is 5.21. The number of nitrogens with zero attached hydrogens (tertiary/aromatic N) is 2. The summed E-state index contributed by atoms with van der Waals surface area (Å²) in [6.07, 6.45) is 2.16. The molecule has 0 aromatic heterocycles. The summed E-state index contributed by atoms with van der Waals surface area (Å²) in [5.41, 5.74) is 5.05. The van der Waals surface area contributed by atoms with Crippen molar-refractivity contribution in [3.05, 3.63) is 0 Å². The van der Waals surface area contributed by atoms with Crippen LogP contribution in [-0.4, -0.2) is 40.2 Å². The Morgan fingerprint density at radius 3 is 2.42 bits per heavy atom. The predicted octanol–water partition coefficient (Wildman–Crippen LogP) is 2.55. The number of nitrogens with two attached hydrogens (primary N) is 1. The minimum atomic E-state index is -0.538. The number of amidine groups is 1. The summed E-state index contributed by atoms with van der Waals surface area (Å²) in [6, 6.07) is -0.358. The zero-order chi connectivity index (χ0) is 15.1. The lowest BCUT2D eigenvalue weighted by molar-refractivity contribution is 0.0163. The molecule has 0 aromatic rings. The molecule has 1 amide bonds. The van der Waals surface area contributed by atoms with Gasteiger partial charge in [0.2, 0.25) is 0 Å². The van der Waals surface area contributed by atoms with Crippen molar-refractivity contribution in [3.63, 3.8) is 0 Å². The molecule has 112 valence electrons. The lowest BCUT2D eigenvalue weighted by Crippen LogP contribution is -2.51. The van der Waals surface area contributed by atoms with Crippen molar-refractivity contribution in [1.29, 1.82) is 0 Å². The molecule has 0 radical (unpaired) electrons. The Bertz CT molecular complexity index is 311. The molecular formula is C13H27N3O3. The van der Waals surface area contributed by atoms with E-state index in [4.69, 9.17) is 15.7 Å².